The van der Waals surface area contributed by atoms with E-state index in [4.69, 9.17) is 4.74 Å². The molecule has 1 aliphatic rings. The Morgan fingerprint density at radius 2 is 1.32 bits per heavy atom. The van der Waals surface area contributed by atoms with Crippen LogP contribution in [-0.4, -0.2) is 31.1 Å². The van der Waals surface area contributed by atoms with Gasteiger partial charge in [0.25, 0.3) is 0 Å². The molecule has 1 unspecified atom stereocenters. The lowest BCUT2D eigenvalue weighted by molar-refractivity contribution is 0.207. The Balaban J connectivity index is 1.10. The minimum Gasteiger partial charge on any atom is -0.489 e. The van der Waals surface area contributed by atoms with Crippen molar-refractivity contribution in [2.24, 2.45) is 5.92 Å². The molecular formula is C34H41F4NO. The minimum absolute atomic E-state index is 0.107. The second-order valence-electron chi connectivity index (χ2n) is 11.1. The average Bonchev–Trinajstić information content (AvgIpc) is 3.18. The summed E-state index contributed by atoms with van der Waals surface area (Å²) in [6.45, 7) is 3.22. The van der Waals surface area contributed by atoms with Crippen molar-refractivity contribution in [3.8, 4) is 5.75 Å². The zero-order chi connectivity index (χ0) is 28.2. The van der Waals surface area contributed by atoms with Crippen molar-refractivity contribution in [3.63, 3.8) is 0 Å². The van der Waals surface area contributed by atoms with Gasteiger partial charge in [-0.3, -0.25) is 4.90 Å². The van der Waals surface area contributed by atoms with E-state index in [1.165, 1.54) is 81.3 Å². The van der Waals surface area contributed by atoms with Crippen molar-refractivity contribution in [2.75, 3.05) is 26.2 Å². The van der Waals surface area contributed by atoms with Crippen molar-refractivity contribution in [1.82, 2.24) is 4.90 Å². The van der Waals surface area contributed by atoms with Crippen LogP contribution in [0, 0.1) is 29.2 Å². The molecule has 1 saturated heterocycles. The van der Waals surface area contributed by atoms with Gasteiger partial charge in [-0.2, -0.15) is 0 Å². The molecule has 1 aliphatic heterocycles. The highest BCUT2D eigenvalue weighted by molar-refractivity contribution is 5.32. The van der Waals surface area contributed by atoms with Crippen LogP contribution in [0.15, 0.2) is 66.7 Å². The Kier molecular flexibility index (Phi) is 11.9. The van der Waals surface area contributed by atoms with E-state index in [1.54, 1.807) is 0 Å². The zero-order valence-corrected chi connectivity index (χ0v) is 23.3. The Morgan fingerprint density at radius 3 is 2.00 bits per heavy atom. The first kappa shape index (κ1) is 30.1. The van der Waals surface area contributed by atoms with E-state index in [1.807, 2.05) is 24.3 Å². The summed E-state index contributed by atoms with van der Waals surface area (Å²) in [6, 6.07) is 16.8. The predicted molar refractivity (Wildman–Crippen MR) is 153 cm³/mol. The molecule has 40 heavy (non-hydrogen) atoms. The molecule has 1 fully saturated rings. The highest BCUT2D eigenvalue weighted by Crippen LogP contribution is 2.31. The molecule has 1 heterocycles. The Bertz CT molecular complexity index is 1110. The number of rotatable bonds is 14. The zero-order valence-electron chi connectivity index (χ0n) is 23.3. The smallest absolute Gasteiger partial charge is 0.167 e. The fourth-order valence-electron chi connectivity index (χ4n) is 5.84. The quantitative estimate of drug-likeness (QED) is 0.145. The van der Waals surface area contributed by atoms with E-state index >= 15 is 0 Å². The third-order valence-electron chi connectivity index (χ3n) is 8.15. The number of hydrogen-bond donors (Lipinski definition) is 0. The van der Waals surface area contributed by atoms with E-state index in [0.29, 0.717) is 6.61 Å². The first-order chi connectivity index (χ1) is 19.5. The third-order valence-corrected chi connectivity index (χ3v) is 8.15. The fraction of sp³-hybridized carbons (Fsp3) is 0.471. The number of benzene rings is 3. The maximum Gasteiger partial charge on any atom is 0.167 e. The maximum atomic E-state index is 13.7. The summed E-state index contributed by atoms with van der Waals surface area (Å²) < 4.78 is 59.3. The van der Waals surface area contributed by atoms with Crippen LogP contribution in [-0.2, 0) is 0 Å². The van der Waals surface area contributed by atoms with Gasteiger partial charge < -0.3 is 4.74 Å². The van der Waals surface area contributed by atoms with Crippen molar-refractivity contribution in [1.29, 1.82) is 0 Å². The standard InChI is InChI=1S/C34H41F4NO/c35-29-14-10-27(11-15-29)32(28-12-16-30(36)17-13-28)9-5-3-1-2-4-7-26-8-6-21-39(22-20-26)23-24-40-34-19-18-31(37)25-33(34)38/h10-19,25-26,32H,1-9,20-24H2. The van der Waals surface area contributed by atoms with Crippen molar-refractivity contribution >= 4 is 0 Å². The topological polar surface area (TPSA) is 12.5 Å². The van der Waals surface area contributed by atoms with Crippen LogP contribution in [0.2, 0.25) is 0 Å². The SMILES string of the molecule is Fc1ccc(C(CCCCCCCC2CCCN(CCOc3ccc(F)cc3F)CC2)c2ccc(F)cc2)cc1. The fourth-order valence-corrected chi connectivity index (χ4v) is 5.84. The van der Waals surface area contributed by atoms with Gasteiger partial charge in [0.05, 0.1) is 0 Å². The van der Waals surface area contributed by atoms with Crippen LogP contribution >= 0.6 is 0 Å². The number of unbranched alkanes of at least 4 members (excludes halogenated alkanes) is 4. The summed E-state index contributed by atoms with van der Waals surface area (Å²) in [4.78, 5) is 2.39. The maximum absolute atomic E-state index is 13.7. The second kappa shape index (κ2) is 15.8. The summed E-state index contributed by atoms with van der Waals surface area (Å²) >= 11 is 0. The third kappa shape index (κ3) is 9.65. The normalized spacial score (nSPS) is 16.3. The summed E-state index contributed by atoms with van der Waals surface area (Å²) in [7, 11) is 0. The van der Waals surface area contributed by atoms with Gasteiger partial charge >= 0.3 is 0 Å². The molecular weight excluding hydrogens is 514 g/mol. The molecule has 3 aromatic rings. The highest BCUT2D eigenvalue weighted by atomic mass is 19.1. The van der Waals surface area contributed by atoms with Crippen LogP contribution in [0.3, 0.4) is 0 Å². The van der Waals surface area contributed by atoms with Crippen LogP contribution in [0.1, 0.15) is 81.3 Å². The molecule has 0 saturated carbocycles. The molecule has 4 rings (SSSR count). The van der Waals surface area contributed by atoms with Gasteiger partial charge in [0.2, 0.25) is 0 Å². The molecule has 0 amide bonds. The first-order valence-corrected chi connectivity index (χ1v) is 14.8. The molecule has 0 bridgehead atoms. The molecule has 0 radical (unpaired) electrons. The number of hydrogen-bond acceptors (Lipinski definition) is 2. The van der Waals surface area contributed by atoms with Gasteiger partial charge in [0.15, 0.2) is 11.6 Å². The number of nitrogens with zero attached hydrogens (tertiary/aromatic N) is 1. The van der Waals surface area contributed by atoms with Crippen molar-refractivity contribution in [2.45, 2.75) is 70.1 Å². The number of ether oxygens (including phenoxy) is 1. The summed E-state index contributed by atoms with van der Waals surface area (Å²) in [6.07, 6.45) is 11.8. The van der Waals surface area contributed by atoms with Crippen molar-refractivity contribution in [3.05, 3.63) is 101 Å². The van der Waals surface area contributed by atoms with E-state index in [9.17, 15) is 17.6 Å². The van der Waals surface area contributed by atoms with Crippen molar-refractivity contribution < 1.29 is 22.3 Å². The van der Waals surface area contributed by atoms with E-state index in [2.05, 4.69) is 4.90 Å². The molecule has 216 valence electrons. The monoisotopic (exact) mass is 555 g/mol. The second-order valence-corrected chi connectivity index (χ2v) is 11.1. The lowest BCUT2D eigenvalue weighted by atomic mass is 9.86. The summed E-state index contributed by atoms with van der Waals surface area (Å²) in [5.41, 5.74) is 2.15. The Hall–Kier alpha value is -2.86. The van der Waals surface area contributed by atoms with E-state index in [0.717, 1.165) is 62.0 Å². The Morgan fingerprint density at radius 1 is 0.700 bits per heavy atom. The summed E-state index contributed by atoms with van der Waals surface area (Å²) in [5.74, 6) is -0.726. The van der Waals surface area contributed by atoms with Gasteiger partial charge in [-0.25, -0.2) is 17.6 Å². The molecule has 6 heteroatoms. The number of halogens is 4. The van der Waals surface area contributed by atoms with Gasteiger partial charge in [-0.05, 0) is 92.2 Å². The van der Waals surface area contributed by atoms with Gasteiger partial charge in [-0.15, -0.1) is 0 Å². The predicted octanol–water partition coefficient (Wildman–Crippen LogP) is 9.29. The molecule has 0 spiro atoms. The summed E-state index contributed by atoms with van der Waals surface area (Å²) in [5, 5.41) is 0. The van der Waals surface area contributed by atoms with Crippen LogP contribution in [0.25, 0.3) is 0 Å². The minimum atomic E-state index is -0.656. The van der Waals surface area contributed by atoms with Gasteiger partial charge in [0, 0.05) is 18.5 Å². The molecule has 1 atom stereocenters. The number of likely N-dealkylation sites (tertiary alicyclic amines) is 1. The largest absolute Gasteiger partial charge is 0.489 e. The van der Waals surface area contributed by atoms with E-state index in [-0.39, 0.29) is 23.3 Å². The first-order valence-electron chi connectivity index (χ1n) is 14.8. The highest BCUT2D eigenvalue weighted by Gasteiger charge is 2.18. The van der Waals surface area contributed by atoms with Gasteiger partial charge in [-0.1, -0.05) is 62.8 Å². The molecule has 3 aromatic carbocycles. The van der Waals surface area contributed by atoms with Crippen LogP contribution in [0.5, 0.6) is 5.75 Å². The Labute approximate surface area is 236 Å². The molecule has 2 nitrogen and oxygen atoms in total. The molecule has 0 aromatic heterocycles. The average molecular weight is 556 g/mol. The van der Waals surface area contributed by atoms with Crippen LogP contribution in [0.4, 0.5) is 17.6 Å². The van der Waals surface area contributed by atoms with Gasteiger partial charge in [0.1, 0.15) is 24.1 Å². The van der Waals surface area contributed by atoms with E-state index < -0.39 is 11.6 Å². The molecule has 0 N–H and O–H groups in total. The molecule has 0 aliphatic carbocycles. The lowest BCUT2D eigenvalue weighted by Crippen LogP contribution is -2.29. The van der Waals surface area contributed by atoms with Crippen LogP contribution < -0.4 is 4.74 Å². The lowest BCUT2D eigenvalue weighted by Gasteiger charge is -2.20.